The number of unbranched alkanes of at least 4 members (excludes halogenated alkanes) is 13. The molecule has 486 valence electrons. The molecule has 31 heteroatoms. The zero-order valence-electron chi connectivity index (χ0n) is 49.6. The number of carboxylic acid groups (broad SMARTS) is 3. The average Bonchev–Trinajstić information content (AvgIpc) is 4.06. The third kappa shape index (κ3) is 45.6. The molecule has 1 rings (SSSR count). The highest BCUT2D eigenvalue weighted by molar-refractivity contribution is 7.90. The van der Waals surface area contributed by atoms with E-state index in [0.717, 1.165) is 44.3 Å². The number of carboxylic acids is 3. The normalized spacial score (nSPS) is 12.4. The summed E-state index contributed by atoms with van der Waals surface area (Å²) in [5, 5.41) is 57.3. The summed E-state index contributed by atoms with van der Waals surface area (Å²) in [6.45, 7) is 3.47. The van der Waals surface area contributed by atoms with Crippen LogP contribution in [0.2, 0.25) is 0 Å². The summed E-state index contributed by atoms with van der Waals surface area (Å²) < 4.78 is 47.9. The van der Waals surface area contributed by atoms with Crippen LogP contribution >= 0.6 is 0 Å². The predicted molar refractivity (Wildman–Crippen MR) is 306 cm³/mol. The van der Waals surface area contributed by atoms with E-state index in [0.29, 0.717) is 32.2 Å². The van der Waals surface area contributed by atoms with Crippen molar-refractivity contribution in [3.63, 3.8) is 0 Å². The maximum Gasteiger partial charge on any atom is 0.326 e. The van der Waals surface area contributed by atoms with Crippen LogP contribution in [0, 0.1) is 5.92 Å². The third-order valence-electron chi connectivity index (χ3n) is 12.7. The molecule has 1 aromatic rings. The molecular weight excluding hydrogens is 1140 g/mol. The number of amides is 7. The van der Waals surface area contributed by atoms with Gasteiger partial charge in [0.1, 0.15) is 31.3 Å². The highest BCUT2D eigenvalue weighted by Crippen LogP contribution is 2.14. The summed E-state index contributed by atoms with van der Waals surface area (Å²) in [7, 11) is -3.89. The van der Waals surface area contributed by atoms with Crippen molar-refractivity contribution in [3.05, 3.63) is 5.82 Å². The van der Waals surface area contributed by atoms with Crippen molar-refractivity contribution in [3.8, 4) is 0 Å². The van der Waals surface area contributed by atoms with Crippen LogP contribution in [-0.4, -0.2) is 200 Å². The van der Waals surface area contributed by atoms with Gasteiger partial charge >= 0.3 is 17.9 Å². The molecular formula is C54H95N11O19S. The fourth-order valence-electron chi connectivity index (χ4n) is 8.18. The molecule has 0 fully saturated rings. The minimum Gasteiger partial charge on any atom is -0.480 e. The smallest absolute Gasteiger partial charge is 0.326 e. The number of aromatic nitrogens is 4. The van der Waals surface area contributed by atoms with Crippen molar-refractivity contribution in [2.45, 2.75) is 192 Å². The van der Waals surface area contributed by atoms with E-state index < -0.39 is 113 Å². The second kappa shape index (κ2) is 48.8. The Morgan fingerprint density at radius 2 is 0.894 bits per heavy atom. The van der Waals surface area contributed by atoms with Gasteiger partial charge in [0.05, 0.1) is 45.4 Å². The Morgan fingerprint density at radius 3 is 1.39 bits per heavy atom. The summed E-state index contributed by atoms with van der Waals surface area (Å²) in [5.74, 6) is -7.39. The average molecular weight is 1230 g/mol. The Kier molecular flexibility index (Phi) is 43.9. The van der Waals surface area contributed by atoms with Gasteiger partial charge < -0.3 is 66.2 Å². The summed E-state index contributed by atoms with van der Waals surface area (Å²) in [6, 6.07) is -4.13. The number of sulfonamides is 1. The first-order chi connectivity index (χ1) is 40.7. The number of aliphatic carboxylic acids is 3. The number of aryl methyl sites for hydroxylation is 1. The van der Waals surface area contributed by atoms with Crippen molar-refractivity contribution in [2.75, 3.05) is 78.2 Å². The van der Waals surface area contributed by atoms with Gasteiger partial charge in [-0.15, -0.1) is 10.2 Å². The minimum atomic E-state index is -3.89. The van der Waals surface area contributed by atoms with Crippen LogP contribution in [-0.2, 0) is 83.3 Å². The van der Waals surface area contributed by atoms with Crippen LogP contribution in [0.1, 0.15) is 174 Å². The molecule has 7 amide bonds. The van der Waals surface area contributed by atoms with E-state index in [2.05, 4.69) is 57.2 Å². The molecule has 0 saturated carbocycles. The highest BCUT2D eigenvalue weighted by atomic mass is 32.2. The van der Waals surface area contributed by atoms with Crippen LogP contribution in [0.4, 0.5) is 0 Å². The lowest BCUT2D eigenvalue weighted by molar-refractivity contribution is -0.144. The quantitative estimate of drug-likeness (QED) is 0.0410. The monoisotopic (exact) mass is 1230 g/mol. The van der Waals surface area contributed by atoms with E-state index in [-0.39, 0.29) is 103 Å². The molecule has 0 bridgehead atoms. The van der Waals surface area contributed by atoms with Crippen molar-refractivity contribution in [2.24, 2.45) is 5.92 Å². The van der Waals surface area contributed by atoms with E-state index in [1.54, 1.807) is 0 Å². The number of carbonyl (C=O) groups is 10. The number of tetrazole rings is 1. The molecule has 0 aliphatic carbocycles. The number of hydrogen-bond acceptors (Lipinski definition) is 19. The Labute approximate surface area is 498 Å². The second-order valence-electron chi connectivity index (χ2n) is 20.8. The van der Waals surface area contributed by atoms with Crippen molar-refractivity contribution in [1.82, 2.24) is 57.2 Å². The summed E-state index contributed by atoms with van der Waals surface area (Å²) in [5.41, 5.74) is 0. The molecule has 30 nitrogen and oxygen atoms in total. The first kappa shape index (κ1) is 76.6. The van der Waals surface area contributed by atoms with Gasteiger partial charge in [0.2, 0.25) is 51.4 Å². The highest BCUT2D eigenvalue weighted by Gasteiger charge is 2.25. The lowest BCUT2D eigenvalue weighted by Crippen LogP contribution is -2.45. The lowest BCUT2D eigenvalue weighted by atomic mass is 10.0. The van der Waals surface area contributed by atoms with Gasteiger partial charge in [0, 0.05) is 58.2 Å². The van der Waals surface area contributed by atoms with Crippen molar-refractivity contribution in [1.29, 1.82) is 0 Å². The minimum absolute atomic E-state index is 0.000709. The molecule has 1 heterocycles. The fraction of sp³-hybridized carbons (Fsp3) is 0.796. The maximum absolute atomic E-state index is 12.6. The standard InChI is InChI=1S/C54H95N11O19S/c1-40(2)37-49(70)55-27-17-16-19-41(52(73)74)59-50(71)38-83-34-33-82-31-29-57-46(67)25-23-42(53(75)76)58-47(68)26-24-43(54(77)78)60-51(72)39-84-35-32-81-30-28-56-45(66)22-18-36-85(79,80)63-48(69)21-15-13-11-9-7-5-3-4-6-8-10-12-14-20-44-61-64-65-62-44/h40-43H,3-39H2,1-2H3,(H,55,70)(H,56,66)(H,57,67)(H,58,68)(H,59,71)(H,60,72)(H,63,69)(H,73,74)(H,75,76)(H,77,78)(H,61,62,64,65)/t41-,42-,43?/m0/s1. The van der Waals surface area contributed by atoms with Gasteiger partial charge in [0.25, 0.3) is 0 Å². The van der Waals surface area contributed by atoms with E-state index in [1.807, 2.05) is 13.8 Å². The lowest BCUT2D eigenvalue weighted by Gasteiger charge is -2.17. The van der Waals surface area contributed by atoms with E-state index in [1.165, 1.54) is 44.9 Å². The molecule has 0 aliphatic heterocycles. The SMILES string of the molecule is CC(C)CC(=O)NCCCC[C@H](NC(=O)COCCOCCNC(=O)CC[C@H](NC(=O)CCC(NC(=O)COCCOCCNC(=O)CCCS(=O)(=O)NC(=O)CCCCCCCCCCCCCCCc1nn[nH]n1)C(=O)O)C(=O)O)C(=O)O. The van der Waals surface area contributed by atoms with Gasteiger partial charge in [0.15, 0.2) is 5.82 Å². The van der Waals surface area contributed by atoms with E-state index in [4.69, 9.17) is 18.9 Å². The second-order valence-corrected chi connectivity index (χ2v) is 22.6. The molecule has 0 radical (unpaired) electrons. The van der Waals surface area contributed by atoms with Gasteiger partial charge in [-0.05, 0) is 57.3 Å². The van der Waals surface area contributed by atoms with Crippen LogP contribution in [0.15, 0.2) is 0 Å². The zero-order chi connectivity index (χ0) is 62.9. The number of rotatable bonds is 56. The number of nitrogens with one attached hydrogen (secondary N) is 8. The molecule has 0 saturated heterocycles. The van der Waals surface area contributed by atoms with Crippen LogP contribution in [0.25, 0.3) is 0 Å². The number of ether oxygens (including phenoxy) is 4. The largest absolute Gasteiger partial charge is 0.480 e. The van der Waals surface area contributed by atoms with Crippen LogP contribution < -0.4 is 36.6 Å². The number of hydrogen-bond donors (Lipinski definition) is 11. The Bertz CT molecular complexity index is 2210. The predicted octanol–water partition coefficient (Wildman–Crippen LogP) is 1.33. The number of nitrogens with zero attached hydrogens (tertiary/aromatic N) is 3. The fourth-order valence-corrected chi connectivity index (χ4v) is 9.25. The first-order valence-corrected chi connectivity index (χ1v) is 31.3. The Hall–Kier alpha value is -6.44. The topological polar surface area (TPSA) is 441 Å². The van der Waals surface area contributed by atoms with E-state index in [9.17, 15) is 71.7 Å². The van der Waals surface area contributed by atoms with Gasteiger partial charge in [-0.2, -0.15) is 5.21 Å². The first-order valence-electron chi connectivity index (χ1n) is 29.6. The molecule has 3 atom stereocenters. The summed E-state index contributed by atoms with van der Waals surface area (Å²) in [6.07, 6.45) is 15.2. The zero-order valence-corrected chi connectivity index (χ0v) is 50.4. The number of carbonyl (C=O) groups excluding carboxylic acids is 7. The van der Waals surface area contributed by atoms with Crippen LogP contribution in [0.3, 0.4) is 0 Å². The number of aromatic amines is 1. The summed E-state index contributed by atoms with van der Waals surface area (Å²) in [4.78, 5) is 121. The molecule has 1 aromatic heterocycles. The van der Waals surface area contributed by atoms with Crippen molar-refractivity contribution < 1.29 is 90.6 Å². The van der Waals surface area contributed by atoms with E-state index >= 15 is 0 Å². The van der Waals surface area contributed by atoms with Gasteiger partial charge in [-0.3, -0.25) is 38.3 Å². The maximum atomic E-state index is 12.6. The van der Waals surface area contributed by atoms with Crippen molar-refractivity contribution >= 4 is 69.3 Å². The molecule has 1 unspecified atom stereocenters. The van der Waals surface area contributed by atoms with Crippen LogP contribution in [0.5, 0.6) is 0 Å². The molecule has 0 aliphatic rings. The molecule has 0 aromatic carbocycles. The molecule has 0 spiro atoms. The Morgan fingerprint density at radius 1 is 0.459 bits per heavy atom. The summed E-state index contributed by atoms with van der Waals surface area (Å²) >= 11 is 0. The molecule has 85 heavy (non-hydrogen) atoms. The third-order valence-corrected chi connectivity index (χ3v) is 14.0. The Balaban J connectivity index is 2.10. The number of H-pyrrole nitrogens is 1. The van der Waals surface area contributed by atoms with Gasteiger partial charge in [-0.25, -0.2) is 22.8 Å². The van der Waals surface area contributed by atoms with Gasteiger partial charge in [-0.1, -0.05) is 89.7 Å². The molecule has 11 N–H and O–H groups in total.